The molecule has 11 aromatic rings. The normalized spacial score (nSPS) is 11.3. The van der Waals surface area contributed by atoms with Crippen molar-refractivity contribution in [2.24, 2.45) is 0 Å². The zero-order chi connectivity index (χ0) is 39.8. The zero-order valence-corrected chi connectivity index (χ0v) is 32.9. The second kappa shape index (κ2) is 15.1. The predicted molar refractivity (Wildman–Crippen MR) is 253 cm³/mol. The van der Waals surface area contributed by atoms with Crippen LogP contribution >= 0.6 is 0 Å². The van der Waals surface area contributed by atoms with E-state index in [4.69, 9.17) is 4.42 Å². The second-order valence-electron chi connectivity index (χ2n) is 15.3. The van der Waals surface area contributed by atoms with Gasteiger partial charge in [-0.1, -0.05) is 188 Å². The first-order chi connectivity index (χ1) is 29.7. The van der Waals surface area contributed by atoms with Crippen molar-refractivity contribution < 1.29 is 4.42 Å². The van der Waals surface area contributed by atoms with Crippen molar-refractivity contribution in [3.05, 3.63) is 237 Å². The highest BCUT2D eigenvalue weighted by Gasteiger charge is 2.19. The minimum atomic E-state index is 0.908. The molecule has 0 bridgehead atoms. The van der Waals surface area contributed by atoms with Gasteiger partial charge in [0.05, 0.1) is 5.69 Å². The molecule has 282 valence electrons. The lowest BCUT2D eigenvalue weighted by Crippen LogP contribution is -2.10. The molecule has 2 nitrogen and oxygen atoms in total. The van der Waals surface area contributed by atoms with Gasteiger partial charge < -0.3 is 9.32 Å². The molecule has 0 atom stereocenters. The molecular formula is C58H39NO. The van der Waals surface area contributed by atoms with Crippen molar-refractivity contribution in [1.29, 1.82) is 0 Å². The van der Waals surface area contributed by atoms with Crippen molar-refractivity contribution in [2.45, 2.75) is 0 Å². The second-order valence-corrected chi connectivity index (χ2v) is 15.3. The largest absolute Gasteiger partial charge is 0.455 e. The highest BCUT2D eigenvalue weighted by Crippen LogP contribution is 2.43. The fourth-order valence-corrected chi connectivity index (χ4v) is 8.73. The Morgan fingerprint density at radius 2 is 0.733 bits per heavy atom. The molecule has 10 aromatic carbocycles. The molecule has 0 aliphatic rings. The van der Waals surface area contributed by atoms with Crippen LogP contribution in [0.2, 0.25) is 0 Å². The number of fused-ring (bicyclic) bond motifs is 4. The SMILES string of the molecule is c1ccc(-c2cccc(-c3ccc(N(c4ccc(-c5cccc(-c6cccc7c6oc6ccccc67)c5)cc4)c4ccc(-c5ccccc5)c5ccccc45)cc3)c2)cc1. The zero-order valence-electron chi connectivity index (χ0n) is 32.9. The van der Waals surface area contributed by atoms with Gasteiger partial charge in [-0.05, 0) is 104 Å². The van der Waals surface area contributed by atoms with Crippen molar-refractivity contribution in [3.8, 4) is 55.6 Å². The molecule has 0 amide bonds. The Kier molecular flexibility index (Phi) is 8.87. The van der Waals surface area contributed by atoms with E-state index in [2.05, 4.69) is 229 Å². The van der Waals surface area contributed by atoms with Crippen LogP contribution < -0.4 is 4.90 Å². The van der Waals surface area contributed by atoms with Crippen molar-refractivity contribution >= 4 is 49.8 Å². The number of hydrogen-bond donors (Lipinski definition) is 0. The lowest BCUT2D eigenvalue weighted by Gasteiger charge is -2.28. The van der Waals surface area contributed by atoms with E-state index in [1.165, 1.54) is 44.2 Å². The van der Waals surface area contributed by atoms with Gasteiger partial charge in [-0.2, -0.15) is 0 Å². The minimum absolute atomic E-state index is 0.908. The van der Waals surface area contributed by atoms with Crippen LogP contribution in [-0.2, 0) is 0 Å². The Labute approximate surface area is 349 Å². The topological polar surface area (TPSA) is 16.4 Å². The van der Waals surface area contributed by atoms with Crippen molar-refractivity contribution in [2.75, 3.05) is 4.90 Å². The maximum atomic E-state index is 6.42. The van der Waals surface area contributed by atoms with Gasteiger partial charge in [0.2, 0.25) is 0 Å². The van der Waals surface area contributed by atoms with Gasteiger partial charge in [0, 0.05) is 33.1 Å². The van der Waals surface area contributed by atoms with E-state index in [1.54, 1.807) is 0 Å². The molecule has 0 aliphatic heterocycles. The molecule has 2 heteroatoms. The van der Waals surface area contributed by atoms with Gasteiger partial charge in [0.1, 0.15) is 11.2 Å². The molecule has 0 saturated heterocycles. The summed E-state index contributed by atoms with van der Waals surface area (Å²) in [7, 11) is 0. The molecule has 0 spiro atoms. The molecule has 0 N–H and O–H groups in total. The van der Waals surface area contributed by atoms with Gasteiger partial charge in [0.25, 0.3) is 0 Å². The summed E-state index contributed by atoms with van der Waals surface area (Å²) >= 11 is 0. The van der Waals surface area contributed by atoms with E-state index in [0.29, 0.717) is 0 Å². The molecule has 11 rings (SSSR count). The maximum absolute atomic E-state index is 6.42. The van der Waals surface area contributed by atoms with Crippen LogP contribution in [0.1, 0.15) is 0 Å². The van der Waals surface area contributed by atoms with Crippen molar-refractivity contribution in [3.63, 3.8) is 0 Å². The predicted octanol–water partition coefficient (Wildman–Crippen LogP) is 16.5. The number of nitrogens with zero attached hydrogens (tertiary/aromatic N) is 1. The van der Waals surface area contributed by atoms with Gasteiger partial charge in [-0.25, -0.2) is 0 Å². The maximum Gasteiger partial charge on any atom is 0.143 e. The third-order valence-corrected chi connectivity index (χ3v) is 11.7. The minimum Gasteiger partial charge on any atom is -0.455 e. The third-order valence-electron chi connectivity index (χ3n) is 11.7. The van der Waals surface area contributed by atoms with Crippen molar-refractivity contribution in [1.82, 2.24) is 0 Å². The van der Waals surface area contributed by atoms with Gasteiger partial charge in [0.15, 0.2) is 0 Å². The smallest absolute Gasteiger partial charge is 0.143 e. The van der Waals surface area contributed by atoms with Crippen LogP contribution in [0.15, 0.2) is 241 Å². The Morgan fingerprint density at radius 1 is 0.267 bits per heavy atom. The van der Waals surface area contributed by atoms with Crippen LogP contribution in [0.3, 0.4) is 0 Å². The highest BCUT2D eigenvalue weighted by atomic mass is 16.3. The number of hydrogen-bond acceptors (Lipinski definition) is 2. The molecule has 0 saturated carbocycles. The number of para-hydroxylation sites is 2. The molecular weight excluding hydrogens is 727 g/mol. The Balaban J connectivity index is 0.995. The lowest BCUT2D eigenvalue weighted by atomic mass is 9.95. The van der Waals surface area contributed by atoms with Gasteiger partial charge >= 0.3 is 0 Å². The molecule has 1 aromatic heterocycles. The quantitative estimate of drug-likeness (QED) is 0.153. The van der Waals surface area contributed by atoms with Gasteiger partial charge in [-0.15, -0.1) is 0 Å². The summed E-state index contributed by atoms with van der Waals surface area (Å²) in [5.41, 5.74) is 16.9. The molecule has 0 radical (unpaired) electrons. The first-order valence-electron chi connectivity index (χ1n) is 20.5. The highest BCUT2D eigenvalue weighted by molar-refractivity contribution is 6.10. The van der Waals surface area contributed by atoms with E-state index in [-0.39, 0.29) is 0 Å². The lowest BCUT2D eigenvalue weighted by molar-refractivity contribution is 0.670. The summed E-state index contributed by atoms with van der Waals surface area (Å²) in [5.74, 6) is 0. The number of furan rings is 1. The first kappa shape index (κ1) is 35.2. The van der Waals surface area contributed by atoms with Crippen LogP contribution in [0, 0.1) is 0 Å². The summed E-state index contributed by atoms with van der Waals surface area (Å²) in [4.78, 5) is 2.39. The molecule has 0 aliphatic carbocycles. The average Bonchev–Trinajstić information content (AvgIpc) is 3.72. The number of rotatable bonds is 8. The van der Waals surface area contributed by atoms with E-state index in [1.807, 2.05) is 12.1 Å². The van der Waals surface area contributed by atoms with Crippen LogP contribution in [0.5, 0.6) is 0 Å². The molecule has 0 unspecified atom stereocenters. The molecule has 60 heavy (non-hydrogen) atoms. The molecule has 0 fully saturated rings. The average molecular weight is 766 g/mol. The Morgan fingerprint density at radius 3 is 1.38 bits per heavy atom. The number of anilines is 3. The standard InChI is InChI=1S/C58H39NO/c1-3-14-40(15-4-1)44-18-11-19-45(38-44)41-28-32-48(33-29-41)59(56-37-36-50(43-16-5-2-6-17-43)52-22-7-8-23-53(52)56)49-34-30-42(31-35-49)46-20-12-21-47(39-46)51-25-13-26-55-54-24-9-10-27-57(54)60-58(51)55/h1-39H. The number of benzene rings is 10. The first-order valence-corrected chi connectivity index (χ1v) is 20.5. The fourth-order valence-electron chi connectivity index (χ4n) is 8.73. The van der Waals surface area contributed by atoms with Crippen LogP contribution in [-0.4, -0.2) is 0 Å². The summed E-state index contributed by atoms with van der Waals surface area (Å²) < 4.78 is 6.42. The van der Waals surface area contributed by atoms with Crippen LogP contribution in [0.25, 0.3) is 88.3 Å². The van der Waals surface area contributed by atoms with E-state index >= 15 is 0 Å². The Bertz CT molecular complexity index is 3290. The van der Waals surface area contributed by atoms with E-state index in [9.17, 15) is 0 Å². The monoisotopic (exact) mass is 765 g/mol. The van der Waals surface area contributed by atoms with E-state index in [0.717, 1.165) is 61.3 Å². The third kappa shape index (κ3) is 6.41. The van der Waals surface area contributed by atoms with Crippen LogP contribution in [0.4, 0.5) is 17.1 Å². The van der Waals surface area contributed by atoms with E-state index < -0.39 is 0 Å². The summed E-state index contributed by atoms with van der Waals surface area (Å²) in [6, 6.07) is 84.8. The van der Waals surface area contributed by atoms with Gasteiger partial charge in [-0.3, -0.25) is 0 Å². The summed E-state index contributed by atoms with van der Waals surface area (Å²) in [6.07, 6.45) is 0. The summed E-state index contributed by atoms with van der Waals surface area (Å²) in [6.45, 7) is 0. The fraction of sp³-hybridized carbons (Fsp3) is 0. The molecule has 1 heterocycles. The summed E-state index contributed by atoms with van der Waals surface area (Å²) in [5, 5.41) is 4.68. The Hall–Kier alpha value is -7.94.